The van der Waals surface area contributed by atoms with E-state index < -0.39 is 9.84 Å². The van der Waals surface area contributed by atoms with Crippen LogP contribution in [-0.2, 0) is 14.6 Å². The second-order valence-corrected chi connectivity index (χ2v) is 6.81. The third kappa shape index (κ3) is 3.03. The van der Waals surface area contributed by atoms with Crippen LogP contribution in [0.5, 0.6) is 0 Å². The van der Waals surface area contributed by atoms with Crippen molar-refractivity contribution in [1.29, 1.82) is 0 Å². The minimum Gasteiger partial charge on any atom is -0.398 e. The number of nitrogen functional groups attached to an aromatic ring is 1. The monoisotopic (exact) mass is 269 g/mol. The number of ether oxygens (including phenoxy) is 1. The minimum absolute atomic E-state index is 0.0280. The fourth-order valence-corrected chi connectivity index (χ4v) is 3.85. The SMILES string of the molecule is Cc1ccc(S(=O)(=O)CC2CCCCO2)c(N)c1. The molecule has 1 aliphatic rings. The summed E-state index contributed by atoms with van der Waals surface area (Å²) in [6.45, 7) is 2.54. The molecule has 4 nitrogen and oxygen atoms in total. The van der Waals surface area contributed by atoms with Crippen molar-refractivity contribution in [1.82, 2.24) is 0 Å². The quantitative estimate of drug-likeness (QED) is 0.851. The maximum atomic E-state index is 12.3. The van der Waals surface area contributed by atoms with Crippen LogP contribution in [-0.4, -0.2) is 26.9 Å². The first-order valence-electron chi connectivity index (χ1n) is 6.19. The normalized spacial score (nSPS) is 20.8. The number of aryl methyl sites for hydroxylation is 1. The van der Waals surface area contributed by atoms with E-state index in [1.54, 1.807) is 18.2 Å². The van der Waals surface area contributed by atoms with Gasteiger partial charge in [-0.3, -0.25) is 0 Å². The van der Waals surface area contributed by atoms with E-state index in [9.17, 15) is 8.42 Å². The van der Waals surface area contributed by atoms with Gasteiger partial charge in [0.1, 0.15) is 0 Å². The van der Waals surface area contributed by atoms with E-state index in [0.717, 1.165) is 24.8 Å². The number of nitrogens with two attached hydrogens (primary N) is 1. The van der Waals surface area contributed by atoms with Gasteiger partial charge in [0.2, 0.25) is 0 Å². The molecule has 1 unspecified atom stereocenters. The molecular weight excluding hydrogens is 250 g/mol. The Morgan fingerprint density at radius 3 is 2.78 bits per heavy atom. The van der Waals surface area contributed by atoms with Gasteiger partial charge in [-0.05, 0) is 43.9 Å². The topological polar surface area (TPSA) is 69.4 Å². The highest BCUT2D eigenvalue weighted by Crippen LogP contribution is 2.24. The molecule has 18 heavy (non-hydrogen) atoms. The lowest BCUT2D eigenvalue weighted by Crippen LogP contribution is -2.28. The van der Waals surface area contributed by atoms with Crippen molar-refractivity contribution >= 4 is 15.5 Å². The van der Waals surface area contributed by atoms with Crippen molar-refractivity contribution in [2.45, 2.75) is 37.2 Å². The van der Waals surface area contributed by atoms with E-state index in [0.29, 0.717) is 12.3 Å². The van der Waals surface area contributed by atoms with Crippen LogP contribution in [0.3, 0.4) is 0 Å². The third-order valence-corrected chi connectivity index (χ3v) is 5.03. The predicted molar refractivity (Wildman–Crippen MR) is 71.2 cm³/mol. The van der Waals surface area contributed by atoms with Crippen molar-refractivity contribution in [2.24, 2.45) is 0 Å². The van der Waals surface area contributed by atoms with Crippen LogP contribution < -0.4 is 5.73 Å². The van der Waals surface area contributed by atoms with Crippen LogP contribution >= 0.6 is 0 Å². The van der Waals surface area contributed by atoms with E-state index in [4.69, 9.17) is 10.5 Å². The zero-order chi connectivity index (χ0) is 13.2. The summed E-state index contributed by atoms with van der Waals surface area (Å²) in [6.07, 6.45) is 2.67. The lowest BCUT2D eigenvalue weighted by atomic mass is 10.1. The molecule has 2 N–H and O–H groups in total. The van der Waals surface area contributed by atoms with Gasteiger partial charge in [-0.25, -0.2) is 8.42 Å². The van der Waals surface area contributed by atoms with E-state index in [1.807, 2.05) is 6.92 Å². The van der Waals surface area contributed by atoms with Gasteiger partial charge >= 0.3 is 0 Å². The molecule has 2 rings (SSSR count). The molecule has 1 aromatic carbocycles. The van der Waals surface area contributed by atoms with Gasteiger partial charge in [0, 0.05) is 6.61 Å². The average Bonchev–Trinajstić information content (AvgIpc) is 2.29. The molecule has 0 aliphatic carbocycles. The standard InChI is InChI=1S/C13H19NO3S/c1-10-5-6-13(12(14)8-10)18(15,16)9-11-4-2-3-7-17-11/h5-6,8,11H,2-4,7,9,14H2,1H3. The molecule has 1 aliphatic heterocycles. The highest BCUT2D eigenvalue weighted by Gasteiger charge is 2.25. The highest BCUT2D eigenvalue weighted by molar-refractivity contribution is 7.91. The lowest BCUT2D eigenvalue weighted by Gasteiger charge is -2.22. The zero-order valence-corrected chi connectivity index (χ0v) is 11.4. The molecule has 0 aromatic heterocycles. The summed E-state index contributed by atoms with van der Waals surface area (Å²) in [7, 11) is -3.36. The average molecular weight is 269 g/mol. The van der Waals surface area contributed by atoms with Gasteiger partial charge in [-0.2, -0.15) is 0 Å². The lowest BCUT2D eigenvalue weighted by molar-refractivity contribution is 0.0305. The maximum absolute atomic E-state index is 12.3. The third-order valence-electron chi connectivity index (χ3n) is 3.18. The second kappa shape index (κ2) is 5.28. The molecule has 0 spiro atoms. The van der Waals surface area contributed by atoms with Gasteiger partial charge < -0.3 is 10.5 Å². The predicted octanol–water partition coefficient (Wildman–Crippen LogP) is 1.92. The van der Waals surface area contributed by atoms with Crippen LogP contribution in [0.4, 0.5) is 5.69 Å². The smallest absolute Gasteiger partial charge is 0.182 e. The molecule has 0 bridgehead atoms. The van der Waals surface area contributed by atoms with E-state index >= 15 is 0 Å². The van der Waals surface area contributed by atoms with Crippen molar-refractivity contribution < 1.29 is 13.2 Å². The Kier molecular flexibility index (Phi) is 3.92. The summed E-state index contributed by atoms with van der Waals surface area (Å²) < 4.78 is 30.0. The Bertz CT molecular complexity index is 519. The number of hydrogen-bond donors (Lipinski definition) is 1. The molecule has 1 heterocycles. The second-order valence-electron chi connectivity index (χ2n) is 4.81. The highest BCUT2D eigenvalue weighted by atomic mass is 32.2. The van der Waals surface area contributed by atoms with E-state index in [1.165, 1.54) is 0 Å². The summed E-state index contributed by atoms with van der Waals surface area (Å²) in [5, 5.41) is 0. The number of hydrogen-bond acceptors (Lipinski definition) is 4. The summed E-state index contributed by atoms with van der Waals surface area (Å²) in [5.74, 6) is 0.0280. The van der Waals surface area contributed by atoms with Crippen molar-refractivity contribution in [3.63, 3.8) is 0 Å². The summed E-state index contributed by atoms with van der Waals surface area (Å²) in [5.41, 5.74) is 7.08. The first kappa shape index (κ1) is 13.4. The Morgan fingerprint density at radius 2 is 2.17 bits per heavy atom. The van der Waals surface area contributed by atoms with Crippen molar-refractivity contribution in [2.75, 3.05) is 18.1 Å². The largest absolute Gasteiger partial charge is 0.398 e. The molecular formula is C13H19NO3S. The van der Waals surface area contributed by atoms with E-state index in [2.05, 4.69) is 0 Å². The molecule has 1 fully saturated rings. The molecule has 100 valence electrons. The molecule has 1 aromatic rings. The zero-order valence-electron chi connectivity index (χ0n) is 10.6. The number of benzene rings is 1. The van der Waals surface area contributed by atoms with Gasteiger partial charge in [0.25, 0.3) is 0 Å². The summed E-state index contributed by atoms with van der Waals surface area (Å²) in [4.78, 5) is 0.224. The molecule has 0 amide bonds. The molecule has 0 saturated carbocycles. The molecule has 1 atom stereocenters. The first-order chi connectivity index (χ1) is 8.49. The summed E-state index contributed by atoms with van der Waals surface area (Å²) in [6, 6.07) is 5.04. The van der Waals surface area contributed by atoms with Crippen LogP contribution in [0, 0.1) is 6.92 Å². The maximum Gasteiger partial charge on any atom is 0.182 e. The Morgan fingerprint density at radius 1 is 1.39 bits per heavy atom. The van der Waals surface area contributed by atoms with Gasteiger partial charge in [-0.15, -0.1) is 0 Å². The van der Waals surface area contributed by atoms with Gasteiger partial charge in [0.15, 0.2) is 9.84 Å². The Balaban J connectivity index is 2.19. The number of anilines is 1. The van der Waals surface area contributed by atoms with Gasteiger partial charge in [-0.1, -0.05) is 6.07 Å². The molecule has 5 heteroatoms. The van der Waals surface area contributed by atoms with Gasteiger partial charge in [0.05, 0.1) is 22.4 Å². The summed E-state index contributed by atoms with van der Waals surface area (Å²) >= 11 is 0. The van der Waals surface area contributed by atoms with Crippen molar-refractivity contribution in [3.8, 4) is 0 Å². The van der Waals surface area contributed by atoms with Crippen LogP contribution in [0.1, 0.15) is 24.8 Å². The fourth-order valence-electron chi connectivity index (χ4n) is 2.22. The number of sulfone groups is 1. The minimum atomic E-state index is -3.36. The van der Waals surface area contributed by atoms with Crippen LogP contribution in [0.15, 0.2) is 23.1 Å². The Hall–Kier alpha value is -1.07. The first-order valence-corrected chi connectivity index (χ1v) is 7.85. The molecule has 0 radical (unpaired) electrons. The Labute approximate surface area is 108 Å². The number of rotatable bonds is 3. The molecule has 1 saturated heterocycles. The van der Waals surface area contributed by atoms with E-state index in [-0.39, 0.29) is 16.8 Å². The fraction of sp³-hybridized carbons (Fsp3) is 0.538. The van der Waals surface area contributed by atoms with Crippen LogP contribution in [0.25, 0.3) is 0 Å². The van der Waals surface area contributed by atoms with Crippen molar-refractivity contribution in [3.05, 3.63) is 23.8 Å². The van der Waals surface area contributed by atoms with Crippen LogP contribution in [0.2, 0.25) is 0 Å².